The van der Waals surface area contributed by atoms with Crippen molar-refractivity contribution >= 4 is 9.84 Å². The minimum atomic E-state index is -5.28. The first kappa shape index (κ1) is 18.0. The Morgan fingerprint density at radius 3 is 1.86 bits per heavy atom. The Bertz CT molecular complexity index is 565. The van der Waals surface area contributed by atoms with Crippen LogP contribution in [0.1, 0.15) is 32.3 Å². The van der Waals surface area contributed by atoms with Crippen molar-refractivity contribution in [1.29, 1.82) is 0 Å². The maximum atomic E-state index is 12.5. The molecule has 0 saturated heterocycles. The van der Waals surface area contributed by atoms with Gasteiger partial charge in [-0.1, -0.05) is 26.0 Å². The average Bonchev–Trinajstić information content (AvgIpc) is 2.37. The molecular weight excluding hydrogens is 303 g/mol. The maximum absolute atomic E-state index is 12.5. The van der Waals surface area contributed by atoms with E-state index in [0.717, 1.165) is 17.7 Å². The molecule has 0 aliphatic rings. The van der Waals surface area contributed by atoms with Gasteiger partial charge in [0.2, 0.25) is 0 Å². The molecular formula is C14H20F3NO2S. The number of halogens is 3. The van der Waals surface area contributed by atoms with Gasteiger partial charge in [0.1, 0.15) is 0 Å². The lowest BCUT2D eigenvalue weighted by Gasteiger charge is -2.28. The monoisotopic (exact) mass is 323 g/mol. The van der Waals surface area contributed by atoms with Gasteiger partial charge in [0.15, 0.2) is 0 Å². The molecule has 7 heteroatoms. The molecule has 2 atom stereocenters. The van der Waals surface area contributed by atoms with Crippen molar-refractivity contribution in [3.63, 3.8) is 0 Å². The van der Waals surface area contributed by atoms with Crippen LogP contribution < -0.4 is 5.32 Å². The molecule has 0 aliphatic heterocycles. The Morgan fingerprint density at radius 2 is 1.52 bits per heavy atom. The zero-order valence-corrected chi connectivity index (χ0v) is 13.2. The largest absolute Gasteiger partial charge is 0.501 e. The van der Waals surface area contributed by atoms with E-state index >= 15 is 0 Å². The van der Waals surface area contributed by atoms with E-state index in [2.05, 4.69) is 5.32 Å². The molecule has 0 heterocycles. The van der Waals surface area contributed by atoms with Gasteiger partial charge >= 0.3 is 5.51 Å². The summed E-state index contributed by atoms with van der Waals surface area (Å²) in [6.07, 6.45) is 0. The fourth-order valence-corrected chi connectivity index (χ4v) is 3.19. The topological polar surface area (TPSA) is 46.2 Å². The van der Waals surface area contributed by atoms with E-state index in [1.165, 1.54) is 12.1 Å². The molecule has 120 valence electrons. The molecule has 2 unspecified atom stereocenters. The quantitative estimate of drug-likeness (QED) is 0.904. The summed E-state index contributed by atoms with van der Waals surface area (Å²) in [5.74, 6) is 0.343. The molecule has 1 N–H and O–H groups in total. The van der Waals surface area contributed by atoms with Crippen molar-refractivity contribution in [3.8, 4) is 0 Å². The first-order valence-corrected chi connectivity index (χ1v) is 8.09. The molecule has 3 nitrogen and oxygen atoms in total. The van der Waals surface area contributed by atoms with Crippen LogP contribution in [0.2, 0.25) is 0 Å². The Balaban J connectivity index is 3.18. The molecule has 0 amide bonds. The second-order valence-electron chi connectivity index (χ2n) is 5.37. The highest BCUT2D eigenvalue weighted by Crippen LogP contribution is 2.33. The molecule has 0 aliphatic carbocycles. The number of likely N-dealkylation sites (N-methyl/N-ethyl adjacent to an activating group) is 1. The number of nitrogens with one attached hydrogen (secondary N) is 1. The summed E-state index contributed by atoms with van der Waals surface area (Å²) in [4.78, 5) is -0.724. The molecule has 0 fully saturated rings. The van der Waals surface area contributed by atoms with Gasteiger partial charge in [0.05, 0.1) is 4.90 Å². The third-order valence-electron chi connectivity index (χ3n) is 3.59. The van der Waals surface area contributed by atoms with E-state index < -0.39 is 20.2 Å². The number of hydrogen-bond acceptors (Lipinski definition) is 3. The summed E-state index contributed by atoms with van der Waals surface area (Å²) in [6.45, 7) is 6.00. The van der Waals surface area contributed by atoms with Crippen LogP contribution >= 0.6 is 0 Å². The van der Waals surface area contributed by atoms with Crippen LogP contribution in [0, 0.1) is 5.92 Å². The van der Waals surface area contributed by atoms with Crippen molar-refractivity contribution in [2.75, 3.05) is 7.05 Å². The lowest BCUT2D eigenvalue weighted by molar-refractivity contribution is -0.0436. The molecule has 1 aromatic rings. The number of rotatable bonds is 5. The summed E-state index contributed by atoms with van der Waals surface area (Å²) >= 11 is 0. The average molecular weight is 323 g/mol. The van der Waals surface area contributed by atoms with E-state index in [-0.39, 0.29) is 17.9 Å². The Labute approximate surface area is 123 Å². The molecule has 0 aromatic heterocycles. The minimum absolute atomic E-state index is 0.0811. The van der Waals surface area contributed by atoms with Crippen LogP contribution in [0.4, 0.5) is 13.2 Å². The molecule has 0 bridgehead atoms. The second-order valence-corrected chi connectivity index (χ2v) is 7.31. The zero-order valence-electron chi connectivity index (χ0n) is 12.4. The van der Waals surface area contributed by atoms with Crippen molar-refractivity contribution in [1.82, 2.24) is 5.32 Å². The van der Waals surface area contributed by atoms with Gasteiger partial charge in [0, 0.05) is 12.0 Å². The normalized spacial score (nSPS) is 16.0. The predicted molar refractivity (Wildman–Crippen MR) is 75.8 cm³/mol. The van der Waals surface area contributed by atoms with Crippen molar-refractivity contribution in [2.45, 2.75) is 43.1 Å². The van der Waals surface area contributed by atoms with Crippen LogP contribution in [-0.2, 0) is 9.84 Å². The zero-order chi connectivity index (χ0) is 16.4. The number of hydrogen-bond donors (Lipinski definition) is 1. The first-order chi connectivity index (χ1) is 9.52. The minimum Gasteiger partial charge on any atom is -0.317 e. The van der Waals surface area contributed by atoms with Crippen LogP contribution in [-0.4, -0.2) is 27.0 Å². The van der Waals surface area contributed by atoms with Gasteiger partial charge in [-0.15, -0.1) is 0 Å². The van der Waals surface area contributed by atoms with Gasteiger partial charge < -0.3 is 5.32 Å². The molecule has 0 spiro atoms. The van der Waals surface area contributed by atoms with Gasteiger partial charge in [-0.05, 0) is 37.6 Å². The lowest BCUT2D eigenvalue weighted by Crippen LogP contribution is -2.32. The number of alkyl halides is 3. The third-order valence-corrected chi connectivity index (χ3v) is 5.09. The van der Waals surface area contributed by atoms with Crippen molar-refractivity contribution in [2.24, 2.45) is 5.92 Å². The Morgan fingerprint density at radius 1 is 1.05 bits per heavy atom. The highest BCUT2D eigenvalue weighted by molar-refractivity contribution is 7.92. The van der Waals surface area contributed by atoms with Gasteiger partial charge in [-0.25, -0.2) is 8.42 Å². The third kappa shape index (κ3) is 3.77. The van der Waals surface area contributed by atoms with E-state index in [9.17, 15) is 21.6 Å². The fourth-order valence-electron chi connectivity index (χ4n) is 2.43. The summed E-state index contributed by atoms with van der Waals surface area (Å²) in [6, 6.07) is 5.08. The lowest BCUT2D eigenvalue weighted by atomic mass is 9.83. The number of benzene rings is 1. The van der Waals surface area contributed by atoms with E-state index in [0.29, 0.717) is 0 Å². The van der Waals surface area contributed by atoms with Gasteiger partial charge in [-0.2, -0.15) is 13.2 Å². The van der Waals surface area contributed by atoms with Crippen LogP contribution in [0.3, 0.4) is 0 Å². The fraction of sp³-hybridized carbons (Fsp3) is 0.571. The Hall–Kier alpha value is -1.08. The summed E-state index contributed by atoms with van der Waals surface area (Å²) in [5.41, 5.74) is -4.46. The summed E-state index contributed by atoms with van der Waals surface area (Å²) < 4.78 is 60.1. The standard InChI is InChI=1S/C14H20F3NO2S/c1-9(2)13(10(3)18-4)11-5-7-12(8-6-11)21(19,20)14(15,16)17/h5-10,13,18H,1-4H3. The van der Waals surface area contributed by atoms with E-state index in [1.807, 2.05) is 27.8 Å². The molecule has 0 radical (unpaired) electrons. The Kier molecular flexibility index (Phi) is 5.44. The van der Waals surface area contributed by atoms with Crippen molar-refractivity contribution < 1.29 is 21.6 Å². The predicted octanol–water partition coefficient (Wildman–Crippen LogP) is 3.33. The van der Waals surface area contributed by atoms with Gasteiger partial charge in [0.25, 0.3) is 9.84 Å². The summed E-state index contributed by atoms with van der Waals surface area (Å²) in [7, 11) is -3.47. The van der Waals surface area contributed by atoms with Gasteiger partial charge in [-0.3, -0.25) is 0 Å². The second kappa shape index (κ2) is 6.36. The molecule has 21 heavy (non-hydrogen) atoms. The smallest absolute Gasteiger partial charge is 0.317 e. The maximum Gasteiger partial charge on any atom is 0.501 e. The molecule has 1 aromatic carbocycles. The van der Waals surface area contributed by atoms with Crippen LogP contribution in [0.15, 0.2) is 29.2 Å². The number of sulfone groups is 1. The van der Waals surface area contributed by atoms with Crippen LogP contribution in [0.5, 0.6) is 0 Å². The van der Waals surface area contributed by atoms with Crippen LogP contribution in [0.25, 0.3) is 0 Å². The summed E-state index contributed by atoms with van der Waals surface area (Å²) in [5, 5.41) is 3.12. The van der Waals surface area contributed by atoms with E-state index in [4.69, 9.17) is 0 Å². The van der Waals surface area contributed by atoms with Crippen molar-refractivity contribution in [3.05, 3.63) is 29.8 Å². The molecule has 1 rings (SSSR count). The molecule has 0 saturated carbocycles. The SMILES string of the molecule is CNC(C)C(c1ccc(S(=O)(=O)C(F)(F)F)cc1)C(C)C. The first-order valence-electron chi connectivity index (χ1n) is 6.61. The van der Waals surface area contributed by atoms with E-state index in [1.54, 1.807) is 0 Å². The highest BCUT2D eigenvalue weighted by Gasteiger charge is 2.46. The highest BCUT2D eigenvalue weighted by atomic mass is 32.2.